The van der Waals surface area contributed by atoms with Crippen LogP contribution in [0.5, 0.6) is 0 Å². The van der Waals surface area contributed by atoms with Gasteiger partial charge in [0.2, 0.25) is 5.43 Å². The summed E-state index contributed by atoms with van der Waals surface area (Å²) in [7, 11) is 0. The van der Waals surface area contributed by atoms with Crippen molar-refractivity contribution in [1.29, 1.82) is 0 Å². The van der Waals surface area contributed by atoms with E-state index in [0.29, 0.717) is 21.2 Å². The van der Waals surface area contributed by atoms with Gasteiger partial charge in [-0.25, -0.2) is 0 Å². The van der Waals surface area contributed by atoms with Crippen LogP contribution in [0.2, 0.25) is 0 Å². The summed E-state index contributed by atoms with van der Waals surface area (Å²) in [6.45, 7) is 0. The molecule has 2 aromatic carbocycles. The lowest BCUT2D eigenvalue weighted by molar-refractivity contribution is 0.615. The Labute approximate surface area is 126 Å². The molecule has 0 N–H and O–H groups in total. The number of rotatable bonds is 1. The zero-order valence-corrected chi connectivity index (χ0v) is 12.9. The lowest BCUT2D eigenvalue weighted by Crippen LogP contribution is -2.03. The van der Waals surface area contributed by atoms with E-state index >= 15 is 0 Å². The lowest BCUT2D eigenvalue weighted by atomic mass is 10.1. The van der Waals surface area contributed by atoms with Crippen molar-refractivity contribution in [3.8, 4) is 11.3 Å². The fourth-order valence-corrected chi connectivity index (χ4v) is 2.69. The third-order valence-corrected chi connectivity index (χ3v) is 4.10. The van der Waals surface area contributed by atoms with E-state index in [1.54, 1.807) is 12.1 Å². The normalized spacial score (nSPS) is 10.8. The van der Waals surface area contributed by atoms with Crippen molar-refractivity contribution in [1.82, 2.24) is 0 Å². The molecule has 0 saturated carbocycles. The molecule has 0 aliphatic rings. The van der Waals surface area contributed by atoms with E-state index in [-0.39, 0.29) is 5.43 Å². The molecule has 4 heteroatoms. The Morgan fingerprint density at radius 1 is 0.895 bits per heavy atom. The SMILES string of the molecule is O=c1c(Br)c(-c2ccc(Br)cc2)oc2ccccc12. The Hall–Kier alpha value is -1.39. The Kier molecular flexibility index (Phi) is 3.29. The van der Waals surface area contributed by atoms with E-state index in [4.69, 9.17) is 4.42 Å². The molecule has 0 fully saturated rings. The molecule has 0 aliphatic carbocycles. The lowest BCUT2D eigenvalue weighted by Gasteiger charge is -2.06. The zero-order chi connectivity index (χ0) is 13.4. The Morgan fingerprint density at radius 2 is 1.58 bits per heavy atom. The number of benzene rings is 2. The van der Waals surface area contributed by atoms with Crippen LogP contribution in [0.3, 0.4) is 0 Å². The molecule has 1 aromatic heterocycles. The molecule has 1 heterocycles. The highest BCUT2D eigenvalue weighted by Gasteiger charge is 2.13. The predicted molar refractivity (Wildman–Crippen MR) is 83.3 cm³/mol. The second-order valence-electron chi connectivity index (χ2n) is 4.08. The van der Waals surface area contributed by atoms with E-state index in [9.17, 15) is 4.79 Å². The smallest absolute Gasteiger partial charge is 0.207 e. The molecule has 94 valence electrons. The fraction of sp³-hybridized carbons (Fsp3) is 0. The van der Waals surface area contributed by atoms with Crippen LogP contribution in [0.4, 0.5) is 0 Å². The summed E-state index contributed by atoms with van der Waals surface area (Å²) in [5.74, 6) is 0.552. The summed E-state index contributed by atoms with van der Waals surface area (Å²) >= 11 is 6.73. The first-order valence-corrected chi connectivity index (χ1v) is 7.23. The van der Waals surface area contributed by atoms with Gasteiger partial charge in [-0.2, -0.15) is 0 Å². The van der Waals surface area contributed by atoms with Crippen LogP contribution in [-0.4, -0.2) is 0 Å². The van der Waals surface area contributed by atoms with Gasteiger partial charge in [0, 0.05) is 10.0 Å². The van der Waals surface area contributed by atoms with Gasteiger partial charge in [-0.05, 0) is 40.2 Å². The van der Waals surface area contributed by atoms with Gasteiger partial charge >= 0.3 is 0 Å². The third-order valence-electron chi connectivity index (χ3n) is 2.85. The molecule has 0 bridgehead atoms. The topological polar surface area (TPSA) is 30.2 Å². The quantitative estimate of drug-likeness (QED) is 0.596. The summed E-state index contributed by atoms with van der Waals surface area (Å²) in [6.07, 6.45) is 0. The van der Waals surface area contributed by atoms with Gasteiger partial charge in [-0.15, -0.1) is 0 Å². The largest absolute Gasteiger partial charge is 0.455 e. The highest BCUT2D eigenvalue weighted by Crippen LogP contribution is 2.29. The van der Waals surface area contributed by atoms with Crippen molar-refractivity contribution in [3.05, 3.63) is 67.7 Å². The predicted octanol–water partition coefficient (Wildman–Crippen LogP) is 4.99. The van der Waals surface area contributed by atoms with Crippen molar-refractivity contribution < 1.29 is 4.42 Å². The van der Waals surface area contributed by atoms with Crippen LogP contribution in [0.1, 0.15) is 0 Å². The molecule has 2 nitrogen and oxygen atoms in total. The molecule has 0 atom stereocenters. The van der Waals surface area contributed by atoms with Gasteiger partial charge in [0.15, 0.2) is 5.76 Å². The Balaban J connectivity index is 2.33. The maximum absolute atomic E-state index is 12.3. The molecular formula is C15H8Br2O2. The zero-order valence-electron chi connectivity index (χ0n) is 9.69. The van der Waals surface area contributed by atoms with Gasteiger partial charge in [-0.3, -0.25) is 4.79 Å². The van der Waals surface area contributed by atoms with Gasteiger partial charge in [-0.1, -0.05) is 40.2 Å². The number of fused-ring (bicyclic) bond motifs is 1. The number of hydrogen-bond acceptors (Lipinski definition) is 2. The highest BCUT2D eigenvalue weighted by atomic mass is 79.9. The summed E-state index contributed by atoms with van der Waals surface area (Å²) in [6, 6.07) is 14.9. The van der Waals surface area contributed by atoms with Crippen molar-refractivity contribution >= 4 is 42.8 Å². The summed E-state index contributed by atoms with van der Waals surface area (Å²) in [4.78, 5) is 12.3. The molecule has 0 saturated heterocycles. The number of halogens is 2. The molecule has 3 aromatic rings. The van der Waals surface area contributed by atoms with Crippen molar-refractivity contribution in [3.63, 3.8) is 0 Å². The van der Waals surface area contributed by atoms with Crippen LogP contribution in [0.15, 0.2) is 66.7 Å². The summed E-state index contributed by atoms with van der Waals surface area (Å²) in [5, 5.41) is 0.579. The maximum atomic E-state index is 12.3. The van der Waals surface area contributed by atoms with Crippen LogP contribution >= 0.6 is 31.9 Å². The summed E-state index contributed by atoms with van der Waals surface area (Å²) < 4.78 is 7.27. The first-order chi connectivity index (χ1) is 9.16. The molecule has 0 radical (unpaired) electrons. The van der Waals surface area contributed by atoms with Gasteiger partial charge in [0.1, 0.15) is 10.1 Å². The summed E-state index contributed by atoms with van der Waals surface area (Å²) in [5.41, 5.74) is 1.39. The van der Waals surface area contributed by atoms with E-state index in [0.717, 1.165) is 10.0 Å². The average Bonchev–Trinajstić information content (AvgIpc) is 2.44. The third kappa shape index (κ3) is 2.26. The minimum absolute atomic E-state index is 0.0558. The average molecular weight is 380 g/mol. The molecule has 19 heavy (non-hydrogen) atoms. The second-order valence-corrected chi connectivity index (χ2v) is 5.79. The van der Waals surface area contributed by atoms with Crippen molar-refractivity contribution in [2.45, 2.75) is 0 Å². The van der Waals surface area contributed by atoms with Gasteiger partial charge < -0.3 is 4.42 Å². The van der Waals surface area contributed by atoms with E-state index in [2.05, 4.69) is 31.9 Å². The van der Waals surface area contributed by atoms with Crippen LogP contribution < -0.4 is 5.43 Å². The first kappa shape index (κ1) is 12.6. The monoisotopic (exact) mass is 378 g/mol. The Morgan fingerprint density at radius 3 is 2.32 bits per heavy atom. The standard InChI is InChI=1S/C15H8Br2O2/c16-10-7-5-9(6-8-10)15-13(17)14(18)11-3-1-2-4-12(11)19-15/h1-8H. The Bertz CT molecular complexity index is 804. The van der Waals surface area contributed by atoms with Crippen LogP contribution in [-0.2, 0) is 0 Å². The van der Waals surface area contributed by atoms with Gasteiger partial charge in [0.05, 0.1) is 5.39 Å². The van der Waals surface area contributed by atoms with Crippen molar-refractivity contribution in [2.24, 2.45) is 0 Å². The van der Waals surface area contributed by atoms with Gasteiger partial charge in [0.25, 0.3) is 0 Å². The fourth-order valence-electron chi connectivity index (χ4n) is 1.91. The van der Waals surface area contributed by atoms with Crippen LogP contribution in [0, 0.1) is 0 Å². The maximum Gasteiger partial charge on any atom is 0.207 e. The molecule has 3 rings (SSSR count). The minimum atomic E-state index is -0.0558. The number of hydrogen-bond donors (Lipinski definition) is 0. The highest BCUT2D eigenvalue weighted by molar-refractivity contribution is 9.10. The van der Waals surface area contributed by atoms with Crippen LogP contribution in [0.25, 0.3) is 22.3 Å². The minimum Gasteiger partial charge on any atom is -0.455 e. The molecule has 0 spiro atoms. The van der Waals surface area contributed by atoms with E-state index < -0.39 is 0 Å². The molecular weight excluding hydrogens is 372 g/mol. The second kappa shape index (κ2) is 4.94. The first-order valence-electron chi connectivity index (χ1n) is 5.64. The molecule has 0 unspecified atom stereocenters. The van der Waals surface area contributed by atoms with E-state index in [1.165, 1.54) is 0 Å². The van der Waals surface area contributed by atoms with E-state index in [1.807, 2.05) is 36.4 Å². The molecule has 0 amide bonds. The number of para-hydroxylation sites is 1. The van der Waals surface area contributed by atoms with Crippen molar-refractivity contribution in [2.75, 3.05) is 0 Å². The molecule has 0 aliphatic heterocycles.